The predicted octanol–water partition coefficient (Wildman–Crippen LogP) is 0.725. The number of carbonyl (C=O) groups is 1. The third-order valence-corrected chi connectivity index (χ3v) is 3.49. The number of nitrogens with one attached hydrogen (secondary N) is 1. The summed E-state index contributed by atoms with van der Waals surface area (Å²) in [5, 5.41) is 7.11. The van der Waals surface area contributed by atoms with E-state index < -0.39 is 0 Å². The summed E-state index contributed by atoms with van der Waals surface area (Å²) in [6.07, 6.45) is 6.62. The molecule has 1 amide bonds. The molecule has 17 heavy (non-hydrogen) atoms. The molecule has 1 fully saturated rings. The second-order valence-electron chi connectivity index (χ2n) is 4.88. The van der Waals surface area contributed by atoms with Crippen molar-refractivity contribution >= 4 is 5.91 Å². The molecule has 1 aliphatic rings. The summed E-state index contributed by atoms with van der Waals surface area (Å²) in [7, 11) is 1.87. The monoisotopic (exact) mass is 236 g/mol. The van der Waals surface area contributed by atoms with Crippen molar-refractivity contribution in [2.45, 2.75) is 38.3 Å². The Kier molecular flexibility index (Phi) is 3.47. The molecule has 1 heterocycles. The molecular formula is C12H20N4O. The maximum atomic E-state index is 12.0. The third-order valence-electron chi connectivity index (χ3n) is 3.49. The van der Waals surface area contributed by atoms with Crippen molar-refractivity contribution in [3.05, 3.63) is 18.0 Å². The summed E-state index contributed by atoms with van der Waals surface area (Å²) < 4.78 is 1.74. The first-order chi connectivity index (χ1) is 8.08. The average molecular weight is 236 g/mol. The first kappa shape index (κ1) is 12.1. The molecule has 2 rings (SSSR count). The topological polar surface area (TPSA) is 72.9 Å². The Morgan fingerprint density at radius 1 is 1.65 bits per heavy atom. The van der Waals surface area contributed by atoms with E-state index in [2.05, 4.69) is 10.4 Å². The molecule has 0 radical (unpaired) electrons. The lowest BCUT2D eigenvalue weighted by Gasteiger charge is -2.18. The summed E-state index contributed by atoms with van der Waals surface area (Å²) in [5.41, 5.74) is 6.94. The van der Waals surface area contributed by atoms with Gasteiger partial charge in [-0.15, -0.1) is 0 Å². The van der Waals surface area contributed by atoms with Crippen molar-refractivity contribution in [3.8, 4) is 0 Å². The highest BCUT2D eigenvalue weighted by Crippen LogP contribution is 2.25. The van der Waals surface area contributed by atoms with Crippen LogP contribution >= 0.6 is 0 Å². The van der Waals surface area contributed by atoms with Crippen molar-refractivity contribution in [1.82, 2.24) is 15.1 Å². The van der Waals surface area contributed by atoms with Crippen LogP contribution < -0.4 is 11.1 Å². The molecule has 1 saturated carbocycles. The molecular weight excluding hydrogens is 216 g/mol. The van der Waals surface area contributed by atoms with Gasteiger partial charge in [0.2, 0.25) is 5.91 Å². The third kappa shape index (κ3) is 2.66. The van der Waals surface area contributed by atoms with E-state index in [9.17, 15) is 4.79 Å². The van der Waals surface area contributed by atoms with E-state index >= 15 is 0 Å². The van der Waals surface area contributed by atoms with E-state index in [-0.39, 0.29) is 23.9 Å². The van der Waals surface area contributed by atoms with E-state index in [1.165, 1.54) is 0 Å². The molecule has 3 N–H and O–H groups in total. The van der Waals surface area contributed by atoms with Gasteiger partial charge in [-0.2, -0.15) is 5.10 Å². The Labute approximate surface area is 101 Å². The second kappa shape index (κ2) is 4.87. The molecule has 1 aromatic heterocycles. The SMILES string of the molecule is CC(NC(=O)C1CCCC1N)c1cnn(C)c1. The van der Waals surface area contributed by atoms with E-state index in [0.29, 0.717) is 0 Å². The van der Waals surface area contributed by atoms with E-state index in [0.717, 1.165) is 24.8 Å². The molecule has 5 nitrogen and oxygen atoms in total. The van der Waals surface area contributed by atoms with E-state index in [1.807, 2.05) is 20.2 Å². The standard InChI is InChI=1S/C12H20N4O/c1-8(9-6-14-16(2)7-9)15-12(17)10-4-3-5-11(10)13/h6-8,10-11H,3-5,13H2,1-2H3,(H,15,17). The van der Waals surface area contributed by atoms with Crippen molar-refractivity contribution in [2.75, 3.05) is 0 Å². The summed E-state index contributed by atoms with van der Waals surface area (Å²) in [4.78, 5) is 12.0. The van der Waals surface area contributed by atoms with Crippen LogP contribution in [-0.4, -0.2) is 21.7 Å². The van der Waals surface area contributed by atoms with Crippen LogP contribution in [-0.2, 0) is 11.8 Å². The maximum Gasteiger partial charge on any atom is 0.225 e. The Balaban J connectivity index is 1.94. The Morgan fingerprint density at radius 2 is 2.41 bits per heavy atom. The minimum absolute atomic E-state index is 0.0102. The van der Waals surface area contributed by atoms with Gasteiger partial charge in [-0.3, -0.25) is 9.48 Å². The van der Waals surface area contributed by atoms with Gasteiger partial charge in [0.25, 0.3) is 0 Å². The Bertz CT molecular complexity index is 401. The number of carbonyl (C=O) groups excluding carboxylic acids is 1. The average Bonchev–Trinajstić information content (AvgIpc) is 2.86. The molecule has 0 saturated heterocycles. The number of nitrogens with two attached hydrogens (primary N) is 1. The zero-order valence-electron chi connectivity index (χ0n) is 10.4. The fraction of sp³-hybridized carbons (Fsp3) is 0.667. The molecule has 3 unspecified atom stereocenters. The van der Waals surface area contributed by atoms with Crippen LogP contribution in [0.15, 0.2) is 12.4 Å². The van der Waals surface area contributed by atoms with Crippen LogP contribution in [0.5, 0.6) is 0 Å². The largest absolute Gasteiger partial charge is 0.349 e. The second-order valence-corrected chi connectivity index (χ2v) is 4.88. The van der Waals surface area contributed by atoms with Crippen molar-refractivity contribution in [2.24, 2.45) is 18.7 Å². The lowest BCUT2D eigenvalue weighted by molar-refractivity contribution is -0.125. The minimum Gasteiger partial charge on any atom is -0.349 e. The quantitative estimate of drug-likeness (QED) is 0.812. The van der Waals surface area contributed by atoms with Gasteiger partial charge in [-0.05, 0) is 19.8 Å². The molecule has 5 heteroatoms. The number of nitrogens with zero attached hydrogens (tertiary/aromatic N) is 2. The van der Waals surface area contributed by atoms with E-state index in [4.69, 9.17) is 5.73 Å². The van der Waals surface area contributed by atoms with Crippen LogP contribution in [0.25, 0.3) is 0 Å². The number of aromatic nitrogens is 2. The Hall–Kier alpha value is -1.36. The molecule has 1 aliphatic carbocycles. The first-order valence-electron chi connectivity index (χ1n) is 6.12. The molecule has 94 valence electrons. The molecule has 0 aliphatic heterocycles. The highest BCUT2D eigenvalue weighted by atomic mass is 16.2. The molecule has 0 aromatic carbocycles. The number of hydrogen-bond donors (Lipinski definition) is 2. The predicted molar refractivity (Wildman–Crippen MR) is 65.1 cm³/mol. The lowest BCUT2D eigenvalue weighted by Crippen LogP contribution is -2.39. The highest BCUT2D eigenvalue weighted by molar-refractivity contribution is 5.80. The zero-order valence-corrected chi connectivity index (χ0v) is 10.4. The number of aryl methyl sites for hydroxylation is 1. The van der Waals surface area contributed by atoms with Gasteiger partial charge >= 0.3 is 0 Å². The van der Waals surface area contributed by atoms with Gasteiger partial charge in [-0.25, -0.2) is 0 Å². The van der Waals surface area contributed by atoms with Gasteiger partial charge < -0.3 is 11.1 Å². The fourth-order valence-electron chi connectivity index (χ4n) is 2.38. The number of hydrogen-bond acceptors (Lipinski definition) is 3. The van der Waals surface area contributed by atoms with Crippen LogP contribution in [0.2, 0.25) is 0 Å². The smallest absolute Gasteiger partial charge is 0.225 e. The summed E-state index contributed by atoms with van der Waals surface area (Å²) in [6.45, 7) is 1.97. The number of amides is 1. The first-order valence-corrected chi connectivity index (χ1v) is 6.12. The van der Waals surface area contributed by atoms with Crippen LogP contribution in [0.1, 0.15) is 37.8 Å². The van der Waals surface area contributed by atoms with Crippen LogP contribution in [0.3, 0.4) is 0 Å². The molecule has 0 bridgehead atoms. The maximum absolute atomic E-state index is 12.0. The van der Waals surface area contributed by atoms with Crippen molar-refractivity contribution in [1.29, 1.82) is 0 Å². The normalized spacial score (nSPS) is 25.8. The minimum atomic E-state index is -0.0193. The molecule has 3 atom stereocenters. The summed E-state index contributed by atoms with van der Waals surface area (Å²) >= 11 is 0. The van der Waals surface area contributed by atoms with Gasteiger partial charge in [0.1, 0.15) is 0 Å². The molecule has 1 aromatic rings. The van der Waals surface area contributed by atoms with Crippen molar-refractivity contribution in [3.63, 3.8) is 0 Å². The Morgan fingerprint density at radius 3 is 2.94 bits per heavy atom. The van der Waals surface area contributed by atoms with Crippen molar-refractivity contribution < 1.29 is 4.79 Å². The summed E-state index contributed by atoms with van der Waals surface area (Å²) in [5.74, 6) is 0.0560. The van der Waals surface area contributed by atoms with Crippen LogP contribution in [0, 0.1) is 5.92 Å². The van der Waals surface area contributed by atoms with E-state index in [1.54, 1.807) is 10.9 Å². The van der Waals surface area contributed by atoms with Crippen LogP contribution in [0.4, 0.5) is 0 Å². The molecule has 0 spiro atoms. The summed E-state index contributed by atoms with van der Waals surface area (Å²) in [6, 6.07) is 0.0140. The zero-order chi connectivity index (χ0) is 12.4. The van der Waals surface area contributed by atoms with Gasteiger partial charge in [0.05, 0.1) is 18.2 Å². The van der Waals surface area contributed by atoms with Gasteiger partial charge in [0, 0.05) is 24.8 Å². The number of rotatable bonds is 3. The lowest BCUT2D eigenvalue weighted by atomic mass is 10.0. The highest BCUT2D eigenvalue weighted by Gasteiger charge is 2.30. The fourth-order valence-corrected chi connectivity index (χ4v) is 2.38. The van der Waals surface area contributed by atoms with Gasteiger partial charge in [-0.1, -0.05) is 6.42 Å². The van der Waals surface area contributed by atoms with Gasteiger partial charge in [0.15, 0.2) is 0 Å².